The number of amides is 1. The molecule has 100 valence electrons. The maximum absolute atomic E-state index is 12.7. The third-order valence-electron chi connectivity index (χ3n) is 3.01. The van der Waals surface area contributed by atoms with Gasteiger partial charge in [0, 0.05) is 6.54 Å². The molecule has 1 aliphatic heterocycles. The van der Waals surface area contributed by atoms with E-state index in [0.29, 0.717) is 6.54 Å². The van der Waals surface area contributed by atoms with Gasteiger partial charge in [-0.2, -0.15) is 0 Å². The summed E-state index contributed by atoms with van der Waals surface area (Å²) in [6.45, 7) is 1.37. The molecule has 2 rings (SSSR count). The van der Waals surface area contributed by atoms with Gasteiger partial charge in [-0.1, -0.05) is 18.6 Å². The topological polar surface area (TPSA) is 41.1 Å². The van der Waals surface area contributed by atoms with Crippen LogP contribution in [0.4, 0.5) is 4.39 Å². The third kappa shape index (κ3) is 4.27. The van der Waals surface area contributed by atoms with Crippen LogP contribution in [-0.2, 0) is 11.3 Å². The van der Waals surface area contributed by atoms with E-state index in [2.05, 4.69) is 10.6 Å². The lowest BCUT2D eigenvalue weighted by Gasteiger charge is -2.22. The molecular formula is C13H18ClFN2O. The fourth-order valence-corrected chi connectivity index (χ4v) is 1.99. The minimum Gasteiger partial charge on any atom is -0.351 e. The van der Waals surface area contributed by atoms with Crippen LogP contribution in [0.3, 0.4) is 0 Å². The Labute approximate surface area is 113 Å². The summed E-state index contributed by atoms with van der Waals surface area (Å²) in [6.07, 6.45) is 3.14. The highest BCUT2D eigenvalue weighted by atomic mass is 35.5. The van der Waals surface area contributed by atoms with Crippen LogP contribution in [0.5, 0.6) is 0 Å². The molecule has 3 nitrogen and oxygen atoms in total. The van der Waals surface area contributed by atoms with Gasteiger partial charge >= 0.3 is 0 Å². The zero-order chi connectivity index (χ0) is 12.1. The SMILES string of the molecule is Cl.O=C(NCc1ccc(F)cc1)C1CCCCN1. The molecule has 2 N–H and O–H groups in total. The Morgan fingerprint density at radius 1 is 1.33 bits per heavy atom. The number of carbonyl (C=O) groups excluding carboxylic acids is 1. The Morgan fingerprint density at radius 3 is 2.67 bits per heavy atom. The molecule has 0 aliphatic carbocycles. The van der Waals surface area contributed by atoms with Crippen molar-refractivity contribution in [2.75, 3.05) is 6.54 Å². The molecule has 18 heavy (non-hydrogen) atoms. The smallest absolute Gasteiger partial charge is 0.237 e. The van der Waals surface area contributed by atoms with Crippen molar-refractivity contribution >= 4 is 18.3 Å². The average Bonchev–Trinajstić information content (AvgIpc) is 2.39. The molecule has 1 aromatic rings. The van der Waals surface area contributed by atoms with Gasteiger partial charge in [0.25, 0.3) is 0 Å². The van der Waals surface area contributed by atoms with Gasteiger partial charge in [-0.05, 0) is 37.1 Å². The molecule has 0 aromatic heterocycles. The zero-order valence-corrected chi connectivity index (χ0v) is 10.9. The first-order chi connectivity index (χ1) is 8.25. The van der Waals surface area contributed by atoms with E-state index in [0.717, 1.165) is 31.4 Å². The maximum atomic E-state index is 12.7. The van der Waals surface area contributed by atoms with Gasteiger partial charge in [-0.15, -0.1) is 12.4 Å². The molecule has 1 aromatic carbocycles. The Kier molecular flexibility index (Phi) is 6.09. The quantitative estimate of drug-likeness (QED) is 0.884. The van der Waals surface area contributed by atoms with Crippen molar-refractivity contribution in [3.05, 3.63) is 35.6 Å². The lowest BCUT2D eigenvalue weighted by molar-refractivity contribution is -0.123. The third-order valence-corrected chi connectivity index (χ3v) is 3.01. The van der Waals surface area contributed by atoms with E-state index in [1.54, 1.807) is 12.1 Å². The van der Waals surface area contributed by atoms with Gasteiger partial charge in [0.05, 0.1) is 6.04 Å². The highest BCUT2D eigenvalue weighted by molar-refractivity contribution is 5.85. The van der Waals surface area contributed by atoms with Crippen LogP contribution in [0, 0.1) is 5.82 Å². The summed E-state index contributed by atoms with van der Waals surface area (Å²) >= 11 is 0. The van der Waals surface area contributed by atoms with Crippen LogP contribution in [0.15, 0.2) is 24.3 Å². The van der Waals surface area contributed by atoms with Gasteiger partial charge in [0.2, 0.25) is 5.91 Å². The van der Waals surface area contributed by atoms with E-state index in [9.17, 15) is 9.18 Å². The van der Waals surface area contributed by atoms with Crippen LogP contribution < -0.4 is 10.6 Å². The monoisotopic (exact) mass is 272 g/mol. The number of carbonyl (C=O) groups is 1. The predicted octanol–water partition coefficient (Wildman–Crippen LogP) is 2.01. The fourth-order valence-electron chi connectivity index (χ4n) is 1.99. The van der Waals surface area contributed by atoms with Crippen molar-refractivity contribution in [2.45, 2.75) is 31.8 Å². The molecular weight excluding hydrogens is 255 g/mol. The van der Waals surface area contributed by atoms with E-state index in [4.69, 9.17) is 0 Å². The molecule has 1 amide bonds. The van der Waals surface area contributed by atoms with Crippen LogP contribution >= 0.6 is 12.4 Å². The molecule has 1 unspecified atom stereocenters. The number of rotatable bonds is 3. The number of nitrogens with one attached hydrogen (secondary N) is 2. The summed E-state index contributed by atoms with van der Waals surface area (Å²) in [5.41, 5.74) is 0.913. The molecule has 1 atom stereocenters. The van der Waals surface area contributed by atoms with E-state index < -0.39 is 0 Å². The Hall–Kier alpha value is -1.13. The van der Waals surface area contributed by atoms with Crippen LogP contribution in [0.25, 0.3) is 0 Å². The molecule has 1 aliphatic rings. The standard InChI is InChI=1S/C13H17FN2O.ClH/c14-11-6-4-10(5-7-11)9-16-13(17)12-3-1-2-8-15-12;/h4-7,12,15H,1-3,8-9H2,(H,16,17);1H. The summed E-state index contributed by atoms with van der Waals surface area (Å²) in [7, 11) is 0. The first kappa shape index (κ1) is 14.9. The predicted molar refractivity (Wildman–Crippen MR) is 71.1 cm³/mol. The number of piperidine rings is 1. The van der Waals surface area contributed by atoms with Crippen molar-refractivity contribution in [2.24, 2.45) is 0 Å². The lowest BCUT2D eigenvalue weighted by atomic mass is 10.0. The molecule has 5 heteroatoms. The van der Waals surface area contributed by atoms with Crippen LogP contribution in [0.2, 0.25) is 0 Å². The van der Waals surface area contributed by atoms with Gasteiger partial charge < -0.3 is 10.6 Å². The van der Waals surface area contributed by atoms with Crippen LogP contribution in [-0.4, -0.2) is 18.5 Å². The Morgan fingerprint density at radius 2 is 2.06 bits per heavy atom. The van der Waals surface area contributed by atoms with E-state index in [1.165, 1.54) is 12.1 Å². The fraction of sp³-hybridized carbons (Fsp3) is 0.462. The van der Waals surface area contributed by atoms with E-state index in [1.807, 2.05) is 0 Å². The second-order valence-corrected chi connectivity index (χ2v) is 4.35. The lowest BCUT2D eigenvalue weighted by Crippen LogP contribution is -2.46. The second kappa shape index (κ2) is 7.34. The molecule has 0 saturated carbocycles. The van der Waals surface area contributed by atoms with E-state index >= 15 is 0 Å². The minimum atomic E-state index is -0.256. The molecule has 0 spiro atoms. The molecule has 0 radical (unpaired) electrons. The summed E-state index contributed by atoms with van der Waals surface area (Å²) < 4.78 is 12.7. The number of benzene rings is 1. The average molecular weight is 273 g/mol. The normalized spacial score (nSPS) is 18.8. The van der Waals surface area contributed by atoms with Crippen molar-refractivity contribution < 1.29 is 9.18 Å². The van der Waals surface area contributed by atoms with Crippen molar-refractivity contribution in [3.8, 4) is 0 Å². The summed E-state index contributed by atoms with van der Waals surface area (Å²) in [6, 6.07) is 6.11. The van der Waals surface area contributed by atoms with Gasteiger partial charge in [-0.3, -0.25) is 4.79 Å². The number of hydrogen-bond acceptors (Lipinski definition) is 2. The van der Waals surface area contributed by atoms with E-state index in [-0.39, 0.29) is 30.2 Å². The number of hydrogen-bond donors (Lipinski definition) is 2. The Bertz CT molecular complexity index is 377. The first-order valence-corrected chi connectivity index (χ1v) is 6.01. The van der Waals surface area contributed by atoms with Gasteiger partial charge in [-0.25, -0.2) is 4.39 Å². The summed E-state index contributed by atoms with van der Waals surface area (Å²) in [5.74, 6) is -0.219. The Balaban J connectivity index is 0.00000162. The summed E-state index contributed by atoms with van der Waals surface area (Å²) in [4.78, 5) is 11.8. The van der Waals surface area contributed by atoms with Crippen molar-refractivity contribution in [1.29, 1.82) is 0 Å². The molecule has 0 bridgehead atoms. The van der Waals surface area contributed by atoms with Crippen LogP contribution in [0.1, 0.15) is 24.8 Å². The first-order valence-electron chi connectivity index (χ1n) is 6.01. The number of halogens is 2. The maximum Gasteiger partial charge on any atom is 0.237 e. The van der Waals surface area contributed by atoms with Crippen molar-refractivity contribution in [1.82, 2.24) is 10.6 Å². The molecule has 1 heterocycles. The largest absolute Gasteiger partial charge is 0.351 e. The van der Waals surface area contributed by atoms with Gasteiger partial charge in [0.1, 0.15) is 5.82 Å². The minimum absolute atomic E-state index is 0. The summed E-state index contributed by atoms with van der Waals surface area (Å²) in [5, 5.41) is 6.06. The van der Waals surface area contributed by atoms with Crippen molar-refractivity contribution in [3.63, 3.8) is 0 Å². The molecule has 1 fully saturated rings. The highest BCUT2D eigenvalue weighted by Crippen LogP contribution is 2.07. The van der Waals surface area contributed by atoms with Gasteiger partial charge in [0.15, 0.2) is 0 Å². The zero-order valence-electron chi connectivity index (χ0n) is 10.1. The second-order valence-electron chi connectivity index (χ2n) is 4.35. The highest BCUT2D eigenvalue weighted by Gasteiger charge is 2.19. The molecule has 1 saturated heterocycles.